The van der Waals surface area contributed by atoms with Gasteiger partial charge in [-0.25, -0.2) is 0 Å². The first-order valence-electron chi connectivity index (χ1n) is 7.72. The van der Waals surface area contributed by atoms with Crippen LogP contribution in [-0.4, -0.2) is 30.3 Å². The van der Waals surface area contributed by atoms with Gasteiger partial charge >= 0.3 is 0 Å². The number of halogens is 1. The lowest BCUT2D eigenvalue weighted by molar-refractivity contribution is -0.132. The normalized spacial score (nSPS) is 10.3. The third-order valence-electron chi connectivity index (χ3n) is 3.85. The first-order chi connectivity index (χ1) is 11.4. The number of amides is 2. The molecule has 0 aliphatic heterocycles. The van der Waals surface area contributed by atoms with Gasteiger partial charge in [0.05, 0.1) is 13.0 Å². The van der Waals surface area contributed by atoms with Gasteiger partial charge in [0, 0.05) is 17.8 Å². The Morgan fingerprint density at radius 1 is 1.04 bits per heavy atom. The van der Waals surface area contributed by atoms with Crippen molar-refractivity contribution in [2.75, 3.05) is 18.9 Å². The molecule has 0 heterocycles. The number of nitrogens with one attached hydrogen (secondary N) is 1. The van der Waals surface area contributed by atoms with Gasteiger partial charge in [-0.2, -0.15) is 0 Å². The summed E-state index contributed by atoms with van der Waals surface area (Å²) in [7, 11) is 1.61. The zero-order valence-corrected chi connectivity index (χ0v) is 14.9. The molecule has 24 heavy (non-hydrogen) atoms. The Bertz CT molecular complexity index is 739. The van der Waals surface area contributed by atoms with Crippen molar-refractivity contribution in [2.24, 2.45) is 0 Å². The molecule has 0 aliphatic carbocycles. The number of rotatable bonds is 5. The second-order valence-electron chi connectivity index (χ2n) is 5.83. The number of hydrogen-bond donors (Lipinski definition) is 1. The molecule has 0 bridgehead atoms. The van der Waals surface area contributed by atoms with Crippen LogP contribution in [0.4, 0.5) is 5.69 Å². The van der Waals surface area contributed by atoms with Gasteiger partial charge in [-0.05, 0) is 36.6 Å². The van der Waals surface area contributed by atoms with Gasteiger partial charge in [0.1, 0.15) is 0 Å². The summed E-state index contributed by atoms with van der Waals surface area (Å²) in [6, 6.07) is 13.0. The molecule has 126 valence electrons. The fraction of sp³-hybridized carbons (Fsp3) is 0.263. The van der Waals surface area contributed by atoms with Crippen LogP contribution in [0.1, 0.15) is 16.7 Å². The van der Waals surface area contributed by atoms with Crippen molar-refractivity contribution in [1.82, 2.24) is 4.90 Å². The largest absolute Gasteiger partial charge is 0.336 e. The Morgan fingerprint density at radius 3 is 2.29 bits per heavy atom. The number of aryl methyl sites for hydroxylation is 2. The first kappa shape index (κ1) is 18.0. The molecule has 0 fully saturated rings. The van der Waals surface area contributed by atoms with Gasteiger partial charge in [0.15, 0.2) is 0 Å². The van der Waals surface area contributed by atoms with E-state index >= 15 is 0 Å². The molecule has 0 aromatic heterocycles. The van der Waals surface area contributed by atoms with E-state index in [1.807, 2.05) is 50.2 Å². The van der Waals surface area contributed by atoms with E-state index in [-0.39, 0.29) is 24.8 Å². The van der Waals surface area contributed by atoms with Crippen LogP contribution in [-0.2, 0) is 16.0 Å². The van der Waals surface area contributed by atoms with E-state index in [1.54, 1.807) is 13.1 Å². The molecule has 0 radical (unpaired) electrons. The smallest absolute Gasteiger partial charge is 0.243 e. The summed E-state index contributed by atoms with van der Waals surface area (Å²) >= 11 is 6.07. The third kappa shape index (κ3) is 4.59. The number of likely N-dealkylation sites (N-methyl/N-ethyl adjacent to an activating group) is 1. The average molecular weight is 345 g/mol. The van der Waals surface area contributed by atoms with Crippen LogP contribution in [0, 0.1) is 13.8 Å². The maximum atomic E-state index is 12.3. The maximum Gasteiger partial charge on any atom is 0.243 e. The van der Waals surface area contributed by atoms with Crippen molar-refractivity contribution < 1.29 is 9.59 Å². The monoisotopic (exact) mass is 344 g/mol. The minimum atomic E-state index is -0.220. The molecule has 4 nitrogen and oxygen atoms in total. The van der Waals surface area contributed by atoms with Crippen molar-refractivity contribution in [1.29, 1.82) is 0 Å². The summed E-state index contributed by atoms with van der Waals surface area (Å²) in [5, 5.41) is 3.44. The van der Waals surface area contributed by atoms with Crippen LogP contribution in [0.3, 0.4) is 0 Å². The summed E-state index contributed by atoms with van der Waals surface area (Å²) in [6.07, 6.45) is 0.173. The molecule has 0 saturated carbocycles. The van der Waals surface area contributed by atoms with Crippen LogP contribution >= 0.6 is 11.6 Å². The fourth-order valence-electron chi connectivity index (χ4n) is 2.43. The van der Waals surface area contributed by atoms with Crippen molar-refractivity contribution in [3.63, 3.8) is 0 Å². The Labute approximate surface area is 147 Å². The van der Waals surface area contributed by atoms with Crippen LogP contribution in [0.25, 0.3) is 0 Å². The van der Waals surface area contributed by atoms with Crippen molar-refractivity contribution in [3.05, 3.63) is 64.2 Å². The number of hydrogen-bond acceptors (Lipinski definition) is 2. The van der Waals surface area contributed by atoms with Gasteiger partial charge in [-0.15, -0.1) is 0 Å². The second-order valence-corrected chi connectivity index (χ2v) is 6.24. The molecule has 0 aliphatic rings. The zero-order chi connectivity index (χ0) is 17.7. The highest BCUT2D eigenvalue weighted by molar-refractivity contribution is 6.31. The number of carbonyl (C=O) groups excluding carboxylic acids is 2. The lowest BCUT2D eigenvalue weighted by Crippen LogP contribution is -2.36. The Kier molecular flexibility index (Phi) is 5.99. The highest BCUT2D eigenvalue weighted by Crippen LogP contribution is 2.19. The van der Waals surface area contributed by atoms with Crippen LogP contribution < -0.4 is 5.32 Å². The van der Waals surface area contributed by atoms with Crippen molar-refractivity contribution in [3.8, 4) is 0 Å². The Morgan fingerprint density at radius 2 is 1.67 bits per heavy atom. The number of anilines is 1. The number of carbonyl (C=O) groups is 2. The molecule has 2 aromatic carbocycles. The molecule has 0 atom stereocenters. The van der Waals surface area contributed by atoms with Gasteiger partial charge in [0.25, 0.3) is 0 Å². The van der Waals surface area contributed by atoms with Gasteiger partial charge in [0.2, 0.25) is 11.8 Å². The lowest BCUT2D eigenvalue weighted by Gasteiger charge is -2.18. The Balaban J connectivity index is 1.96. The minimum absolute atomic E-state index is 0.00292. The maximum absolute atomic E-state index is 12.3. The molecule has 5 heteroatoms. The summed E-state index contributed by atoms with van der Waals surface area (Å²) in [5.41, 5.74) is 3.54. The second kappa shape index (κ2) is 7.97. The predicted molar refractivity (Wildman–Crippen MR) is 97.3 cm³/mol. The number of nitrogens with zero attached hydrogens (tertiary/aromatic N) is 1. The highest BCUT2D eigenvalue weighted by atomic mass is 35.5. The number of para-hydroxylation sites is 1. The minimum Gasteiger partial charge on any atom is -0.336 e. The van der Waals surface area contributed by atoms with Crippen LogP contribution in [0.2, 0.25) is 5.02 Å². The fourth-order valence-corrected chi connectivity index (χ4v) is 2.64. The molecular formula is C19H21ClN2O2. The predicted octanol–water partition coefficient (Wildman–Crippen LogP) is 3.60. The average Bonchev–Trinajstić information content (AvgIpc) is 2.53. The standard InChI is InChI=1S/C19H21ClN2O2/c1-13-7-6-8-14(2)19(13)21-17(23)12-22(3)18(24)11-15-9-4-5-10-16(15)20/h4-10H,11-12H2,1-3H3,(H,21,23). The molecule has 0 unspecified atom stereocenters. The molecule has 2 amide bonds. The van der Waals surface area contributed by atoms with Crippen molar-refractivity contribution in [2.45, 2.75) is 20.3 Å². The Hall–Kier alpha value is -2.33. The van der Waals surface area contributed by atoms with E-state index in [1.165, 1.54) is 4.90 Å². The zero-order valence-electron chi connectivity index (χ0n) is 14.1. The van der Waals surface area contributed by atoms with E-state index in [9.17, 15) is 9.59 Å². The van der Waals surface area contributed by atoms with Crippen LogP contribution in [0.15, 0.2) is 42.5 Å². The topological polar surface area (TPSA) is 49.4 Å². The van der Waals surface area contributed by atoms with E-state index in [0.29, 0.717) is 5.02 Å². The van der Waals surface area contributed by atoms with E-state index in [0.717, 1.165) is 22.4 Å². The first-order valence-corrected chi connectivity index (χ1v) is 8.09. The lowest BCUT2D eigenvalue weighted by atomic mass is 10.1. The highest BCUT2D eigenvalue weighted by Gasteiger charge is 2.15. The molecular weight excluding hydrogens is 324 g/mol. The molecule has 2 rings (SSSR count). The third-order valence-corrected chi connectivity index (χ3v) is 4.22. The summed E-state index contributed by atoms with van der Waals surface area (Å²) in [5.74, 6) is -0.373. The van der Waals surface area contributed by atoms with E-state index in [2.05, 4.69) is 5.32 Å². The van der Waals surface area contributed by atoms with Crippen LogP contribution in [0.5, 0.6) is 0 Å². The van der Waals surface area contributed by atoms with Crippen molar-refractivity contribution >= 4 is 29.1 Å². The molecule has 2 aromatic rings. The quantitative estimate of drug-likeness (QED) is 0.901. The molecule has 1 N–H and O–H groups in total. The summed E-state index contributed by atoms with van der Waals surface area (Å²) in [4.78, 5) is 25.9. The van der Waals surface area contributed by atoms with E-state index < -0.39 is 0 Å². The summed E-state index contributed by atoms with van der Waals surface area (Å²) in [6.45, 7) is 3.88. The van der Waals surface area contributed by atoms with E-state index in [4.69, 9.17) is 11.6 Å². The molecule has 0 spiro atoms. The van der Waals surface area contributed by atoms with Gasteiger partial charge in [-0.3, -0.25) is 9.59 Å². The number of benzene rings is 2. The summed E-state index contributed by atoms with van der Waals surface area (Å²) < 4.78 is 0. The van der Waals surface area contributed by atoms with Gasteiger partial charge < -0.3 is 10.2 Å². The van der Waals surface area contributed by atoms with Gasteiger partial charge in [-0.1, -0.05) is 48.0 Å². The SMILES string of the molecule is Cc1cccc(C)c1NC(=O)CN(C)C(=O)Cc1ccccc1Cl. The molecule has 0 saturated heterocycles.